The number of hydrogen-bond acceptors (Lipinski definition) is 0. The molecule has 0 aromatic rings. The van der Waals surface area contributed by atoms with E-state index in [1.165, 1.54) is 64.2 Å². The van der Waals surface area contributed by atoms with E-state index in [4.69, 9.17) is 0 Å². The molecule has 0 N–H and O–H groups in total. The number of hydrogen-bond donors (Lipinski definition) is 0. The van der Waals surface area contributed by atoms with E-state index < -0.39 is 0 Å². The summed E-state index contributed by atoms with van der Waals surface area (Å²) in [6.45, 7) is 4.60. The normalized spacial score (nSPS) is 10.9. The number of rotatable bonds is 14. The van der Waals surface area contributed by atoms with Gasteiger partial charge in [0.05, 0.1) is 0 Å². The molecular formula is C16H35Sn. The van der Waals surface area contributed by atoms with E-state index in [-0.39, 0.29) is 21.1 Å². The van der Waals surface area contributed by atoms with Gasteiger partial charge in [-0.25, -0.2) is 0 Å². The molecule has 0 spiro atoms. The van der Waals surface area contributed by atoms with Crippen LogP contribution in [0.1, 0.15) is 90.9 Å². The van der Waals surface area contributed by atoms with Gasteiger partial charge >= 0.3 is 121 Å². The van der Waals surface area contributed by atoms with Gasteiger partial charge in [0.1, 0.15) is 0 Å². The van der Waals surface area contributed by atoms with E-state index in [2.05, 4.69) is 13.8 Å². The predicted molar refractivity (Wildman–Crippen MR) is 83.5 cm³/mol. The molecule has 0 bridgehead atoms. The van der Waals surface area contributed by atoms with Gasteiger partial charge in [-0.1, -0.05) is 0 Å². The van der Waals surface area contributed by atoms with Crippen LogP contribution in [0.2, 0.25) is 8.87 Å². The summed E-state index contributed by atoms with van der Waals surface area (Å²) in [7, 11) is 0. The molecule has 103 valence electrons. The first kappa shape index (κ1) is 17.8. The summed E-state index contributed by atoms with van der Waals surface area (Å²) in [6, 6.07) is 0. The van der Waals surface area contributed by atoms with Gasteiger partial charge in [0, 0.05) is 0 Å². The molecule has 0 heterocycles. The van der Waals surface area contributed by atoms with Crippen LogP contribution in [0.15, 0.2) is 0 Å². The Hall–Kier alpha value is 0.799. The Bertz CT molecular complexity index is 109. The minimum absolute atomic E-state index is 0.0928. The van der Waals surface area contributed by atoms with Crippen molar-refractivity contribution in [1.82, 2.24) is 0 Å². The van der Waals surface area contributed by atoms with Crippen LogP contribution in [0.3, 0.4) is 0 Å². The van der Waals surface area contributed by atoms with E-state index in [9.17, 15) is 0 Å². The predicted octanol–water partition coefficient (Wildman–Crippen LogP) is 5.98. The van der Waals surface area contributed by atoms with Gasteiger partial charge in [0.2, 0.25) is 0 Å². The summed E-state index contributed by atoms with van der Waals surface area (Å²) in [5, 5.41) is 0. The van der Waals surface area contributed by atoms with E-state index >= 15 is 0 Å². The Morgan fingerprint density at radius 1 is 0.471 bits per heavy atom. The Kier molecular flexibility index (Phi) is 17.6. The molecule has 0 rings (SSSR count). The van der Waals surface area contributed by atoms with Crippen molar-refractivity contribution >= 4 is 21.1 Å². The van der Waals surface area contributed by atoms with Gasteiger partial charge < -0.3 is 0 Å². The summed E-state index contributed by atoms with van der Waals surface area (Å²) in [4.78, 5) is 0. The molecule has 0 aliphatic rings. The van der Waals surface area contributed by atoms with Crippen molar-refractivity contribution < 1.29 is 0 Å². The van der Waals surface area contributed by atoms with Crippen molar-refractivity contribution in [3.8, 4) is 0 Å². The van der Waals surface area contributed by atoms with Gasteiger partial charge in [-0.05, 0) is 0 Å². The van der Waals surface area contributed by atoms with Crippen molar-refractivity contribution in [2.75, 3.05) is 0 Å². The first-order valence-corrected chi connectivity index (χ1v) is 12.9. The molecule has 0 aliphatic carbocycles. The molecule has 0 amide bonds. The zero-order chi connectivity index (χ0) is 12.6. The van der Waals surface area contributed by atoms with Crippen LogP contribution in [0.25, 0.3) is 0 Å². The van der Waals surface area contributed by atoms with E-state index in [0.29, 0.717) is 0 Å². The van der Waals surface area contributed by atoms with Crippen LogP contribution in [0.4, 0.5) is 0 Å². The zero-order valence-electron chi connectivity index (χ0n) is 12.5. The summed E-state index contributed by atoms with van der Waals surface area (Å²) in [5.74, 6) is 0. The standard InChI is InChI=1S/2C8H17.Sn.H/c2*1-3-5-7-8-6-4-2;;/h2*1,3-8H2,2H3;;. The Labute approximate surface area is 121 Å². The average molecular weight is 346 g/mol. The Morgan fingerprint density at radius 2 is 0.824 bits per heavy atom. The van der Waals surface area contributed by atoms with Gasteiger partial charge in [0.15, 0.2) is 0 Å². The van der Waals surface area contributed by atoms with Gasteiger partial charge in [-0.15, -0.1) is 0 Å². The van der Waals surface area contributed by atoms with E-state index in [1.807, 2.05) is 0 Å². The molecule has 0 saturated carbocycles. The van der Waals surface area contributed by atoms with Crippen LogP contribution in [-0.2, 0) is 0 Å². The summed E-state index contributed by atoms with van der Waals surface area (Å²) >= 11 is -0.0928. The molecule has 0 saturated heterocycles. The van der Waals surface area contributed by atoms with Gasteiger partial charge in [-0.2, -0.15) is 0 Å². The van der Waals surface area contributed by atoms with E-state index in [0.717, 1.165) is 0 Å². The Balaban J connectivity index is 2.85. The SMILES string of the molecule is CCCCCCC[CH2][SnH][CH2]CCCCCCC. The first-order chi connectivity index (χ1) is 8.41. The Morgan fingerprint density at radius 3 is 1.24 bits per heavy atom. The van der Waals surface area contributed by atoms with Crippen LogP contribution in [0, 0.1) is 0 Å². The second kappa shape index (κ2) is 16.8. The van der Waals surface area contributed by atoms with Gasteiger partial charge in [0.25, 0.3) is 0 Å². The molecule has 0 fully saturated rings. The number of unbranched alkanes of at least 4 members (excludes halogenated alkanes) is 10. The zero-order valence-corrected chi connectivity index (χ0v) is 15.8. The molecule has 17 heavy (non-hydrogen) atoms. The molecule has 0 unspecified atom stereocenters. The average Bonchev–Trinajstić information content (AvgIpc) is 2.35. The maximum atomic E-state index is 2.30. The fourth-order valence-electron chi connectivity index (χ4n) is 2.28. The molecule has 0 nitrogen and oxygen atoms in total. The fraction of sp³-hybridized carbons (Fsp3) is 1.00. The van der Waals surface area contributed by atoms with E-state index in [1.54, 1.807) is 21.7 Å². The molecular weight excluding hydrogens is 311 g/mol. The van der Waals surface area contributed by atoms with Crippen molar-refractivity contribution in [3.63, 3.8) is 0 Å². The molecule has 1 heteroatoms. The van der Waals surface area contributed by atoms with Crippen molar-refractivity contribution in [3.05, 3.63) is 0 Å². The third-order valence-corrected chi connectivity index (χ3v) is 8.18. The summed E-state index contributed by atoms with van der Waals surface area (Å²) in [5.41, 5.74) is 0. The molecule has 1 radical (unpaired) electrons. The molecule has 0 aliphatic heterocycles. The van der Waals surface area contributed by atoms with Crippen molar-refractivity contribution in [1.29, 1.82) is 0 Å². The minimum atomic E-state index is -0.0928. The van der Waals surface area contributed by atoms with Crippen LogP contribution in [-0.4, -0.2) is 21.1 Å². The van der Waals surface area contributed by atoms with Crippen molar-refractivity contribution in [2.45, 2.75) is 99.8 Å². The second-order valence-corrected chi connectivity index (χ2v) is 10.3. The third-order valence-electron chi connectivity index (χ3n) is 3.52. The molecule has 0 atom stereocenters. The third kappa shape index (κ3) is 16.8. The topological polar surface area (TPSA) is 0 Å². The van der Waals surface area contributed by atoms with Gasteiger partial charge in [-0.3, -0.25) is 0 Å². The monoisotopic (exact) mass is 347 g/mol. The second-order valence-electron chi connectivity index (χ2n) is 5.40. The molecule has 0 aromatic carbocycles. The van der Waals surface area contributed by atoms with Crippen LogP contribution < -0.4 is 0 Å². The van der Waals surface area contributed by atoms with Crippen LogP contribution >= 0.6 is 0 Å². The summed E-state index contributed by atoms with van der Waals surface area (Å²) < 4.78 is 3.35. The van der Waals surface area contributed by atoms with Crippen LogP contribution in [0.5, 0.6) is 0 Å². The summed E-state index contributed by atoms with van der Waals surface area (Å²) in [6.07, 6.45) is 17.9. The maximum absolute atomic E-state index is 2.30. The fourth-order valence-corrected chi connectivity index (χ4v) is 6.40. The van der Waals surface area contributed by atoms with Crippen molar-refractivity contribution in [2.24, 2.45) is 0 Å². The first-order valence-electron chi connectivity index (χ1n) is 8.23. The quantitative estimate of drug-likeness (QED) is 0.268. The molecule has 0 aromatic heterocycles.